The summed E-state index contributed by atoms with van der Waals surface area (Å²) in [7, 11) is 0. The number of fused-ring (bicyclic) bond motifs is 1. The van der Waals surface area contributed by atoms with E-state index in [0.29, 0.717) is 5.56 Å². The van der Waals surface area contributed by atoms with Crippen LogP contribution >= 0.6 is 15.9 Å². The number of halogens is 1. The molecule has 0 aliphatic heterocycles. The smallest absolute Gasteiger partial charge is 0.252 e. The molecule has 3 nitrogen and oxygen atoms in total. The minimum atomic E-state index is -0.121. The summed E-state index contributed by atoms with van der Waals surface area (Å²) in [5.74, 6) is -0.109. The van der Waals surface area contributed by atoms with E-state index in [1.807, 2.05) is 43.3 Å². The lowest BCUT2D eigenvalue weighted by molar-refractivity contribution is 0.0941. The Morgan fingerprint density at radius 1 is 0.970 bits per heavy atom. The van der Waals surface area contributed by atoms with Gasteiger partial charge in [0.1, 0.15) is 0 Å². The molecular weight excluding hydrogens is 472 g/mol. The fourth-order valence-electron chi connectivity index (χ4n) is 3.97. The van der Waals surface area contributed by atoms with E-state index in [1.54, 1.807) is 0 Å². The van der Waals surface area contributed by atoms with Crippen LogP contribution in [0.25, 0.3) is 22.2 Å². The lowest BCUT2D eigenvalue weighted by Gasteiger charge is -2.21. The molecule has 4 heteroatoms. The van der Waals surface area contributed by atoms with Gasteiger partial charge in [-0.15, -0.1) is 0 Å². The van der Waals surface area contributed by atoms with Gasteiger partial charge < -0.3 is 5.32 Å². The van der Waals surface area contributed by atoms with Crippen LogP contribution in [0.3, 0.4) is 0 Å². The van der Waals surface area contributed by atoms with Gasteiger partial charge in [-0.3, -0.25) is 4.79 Å². The average molecular weight is 501 g/mol. The van der Waals surface area contributed by atoms with Crippen LogP contribution in [-0.4, -0.2) is 10.9 Å². The summed E-state index contributed by atoms with van der Waals surface area (Å²) in [4.78, 5) is 18.3. The summed E-state index contributed by atoms with van der Waals surface area (Å²) < 4.78 is 0.917. The molecule has 1 heterocycles. The molecule has 1 atom stereocenters. The highest BCUT2D eigenvalue weighted by Gasteiger charge is 2.18. The van der Waals surface area contributed by atoms with Gasteiger partial charge in [0.25, 0.3) is 5.91 Å². The van der Waals surface area contributed by atoms with Crippen LogP contribution in [-0.2, 0) is 5.41 Å². The summed E-state index contributed by atoms with van der Waals surface area (Å²) in [6.45, 7) is 10.7. The Labute approximate surface area is 204 Å². The van der Waals surface area contributed by atoms with E-state index in [2.05, 4.69) is 85.3 Å². The van der Waals surface area contributed by atoms with E-state index in [1.165, 1.54) is 5.56 Å². The van der Waals surface area contributed by atoms with Crippen molar-refractivity contribution in [2.75, 3.05) is 0 Å². The molecule has 0 fully saturated rings. The van der Waals surface area contributed by atoms with Crippen molar-refractivity contribution in [1.82, 2.24) is 10.3 Å². The maximum atomic E-state index is 13.5. The molecule has 1 N–H and O–H groups in total. The zero-order valence-electron chi connectivity index (χ0n) is 19.7. The number of nitrogens with zero attached hydrogens (tertiary/aromatic N) is 1. The fraction of sp³-hybridized carbons (Fsp3) is 0.241. The Balaban J connectivity index is 1.70. The Morgan fingerprint density at radius 3 is 2.36 bits per heavy atom. The van der Waals surface area contributed by atoms with E-state index < -0.39 is 0 Å². The van der Waals surface area contributed by atoms with Crippen LogP contribution in [0, 0.1) is 6.92 Å². The standard InChI is InChI=1S/C29H29BrN2O/c1-18-7-6-8-21(15-18)27-17-25(24-16-23(30)13-14-26(24)32-27)28(33)31-19(2)20-9-11-22(12-10-20)29(3,4)5/h6-17,19H,1-5H3,(H,31,33)/t19-/m1/s1. The SMILES string of the molecule is Cc1cccc(-c2cc(C(=O)N[C@H](C)c3ccc(C(C)(C)C)cc3)c3cc(Br)ccc3n2)c1. The minimum absolute atomic E-state index is 0.0978. The summed E-state index contributed by atoms with van der Waals surface area (Å²) in [6.07, 6.45) is 0. The lowest BCUT2D eigenvalue weighted by Crippen LogP contribution is -2.27. The van der Waals surface area contributed by atoms with Gasteiger partial charge in [-0.05, 0) is 60.7 Å². The predicted octanol–water partition coefficient (Wildman–Crippen LogP) is 7.76. The number of carbonyl (C=O) groups is 1. The highest BCUT2D eigenvalue weighted by atomic mass is 79.9. The number of aromatic nitrogens is 1. The summed E-state index contributed by atoms with van der Waals surface area (Å²) in [5, 5.41) is 4.02. The van der Waals surface area contributed by atoms with Crippen molar-refractivity contribution in [2.24, 2.45) is 0 Å². The van der Waals surface area contributed by atoms with Crippen LogP contribution in [0.15, 0.2) is 77.3 Å². The van der Waals surface area contributed by atoms with Crippen molar-refractivity contribution in [3.63, 3.8) is 0 Å². The van der Waals surface area contributed by atoms with Crippen molar-refractivity contribution in [2.45, 2.75) is 46.1 Å². The topological polar surface area (TPSA) is 42.0 Å². The van der Waals surface area contributed by atoms with Gasteiger partial charge >= 0.3 is 0 Å². The molecule has 168 valence electrons. The molecule has 0 radical (unpaired) electrons. The Bertz CT molecular complexity index is 1320. The quantitative estimate of drug-likeness (QED) is 0.311. The largest absolute Gasteiger partial charge is 0.345 e. The number of benzene rings is 3. The van der Waals surface area contributed by atoms with Crippen LogP contribution in [0.4, 0.5) is 0 Å². The maximum Gasteiger partial charge on any atom is 0.252 e. The molecule has 0 saturated carbocycles. The first-order chi connectivity index (χ1) is 15.6. The normalized spacial score (nSPS) is 12.5. The summed E-state index contributed by atoms with van der Waals surface area (Å²) >= 11 is 3.54. The molecular formula is C29H29BrN2O. The van der Waals surface area contributed by atoms with Crippen LogP contribution < -0.4 is 5.32 Å². The van der Waals surface area contributed by atoms with Gasteiger partial charge in [0, 0.05) is 15.4 Å². The first-order valence-electron chi connectivity index (χ1n) is 11.2. The highest BCUT2D eigenvalue weighted by Crippen LogP contribution is 2.29. The van der Waals surface area contributed by atoms with Crippen LogP contribution in [0.5, 0.6) is 0 Å². The minimum Gasteiger partial charge on any atom is -0.345 e. The van der Waals surface area contributed by atoms with E-state index in [9.17, 15) is 4.79 Å². The fourth-order valence-corrected chi connectivity index (χ4v) is 4.33. The molecule has 0 spiro atoms. The maximum absolute atomic E-state index is 13.5. The zero-order valence-corrected chi connectivity index (χ0v) is 21.3. The monoisotopic (exact) mass is 500 g/mol. The van der Waals surface area contributed by atoms with E-state index in [-0.39, 0.29) is 17.4 Å². The first-order valence-corrected chi connectivity index (χ1v) is 12.0. The van der Waals surface area contributed by atoms with Gasteiger partial charge in [0.2, 0.25) is 0 Å². The van der Waals surface area contributed by atoms with Crippen molar-refractivity contribution in [1.29, 1.82) is 0 Å². The van der Waals surface area contributed by atoms with Crippen LogP contribution in [0.1, 0.15) is 60.8 Å². The predicted molar refractivity (Wildman–Crippen MR) is 141 cm³/mol. The van der Waals surface area contributed by atoms with Crippen molar-refractivity contribution in [3.8, 4) is 11.3 Å². The van der Waals surface area contributed by atoms with Gasteiger partial charge in [-0.1, -0.05) is 84.7 Å². The number of nitrogens with one attached hydrogen (secondary N) is 1. The molecule has 0 saturated heterocycles. The molecule has 0 aliphatic rings. The molecule has 4 aromatic rings. The number of pyridine rings is 1. The third kappa shape index (κ3) is 5.17. The second-order valence-electron chi connectivity index (χ2n) is 9.65. The Hall–Kier alpha value is -2.98. The number of aryl methyl sites for hydroxylation is 1. The van der Waals surface area contributed by atoms with Gasteiger partial charge in [-0.2, -0.15) is 0 Å². The third-order valence-electron chi connectivity index (χ3n) is 5.95. The summed E-state index contributed by atoms with van der Waals surface area (Å²) in [6, 6.07) is 24.3. The second kappa shape index (κ2) is 9.11. The van der Waals surface area contributed by atoms with Gasteiger partial charge in [0.05, 0.1) is 22.8 Å². The Kier molecular flexibility index (Phi) is 6.40. The van der Waals surface area contributed by atoms with Gasteiger partial charge in [-0.25, -0.2) is 4.98 Å². The van der Waals surface area contributed by atoms with E-state index >= 15 is 0 Å². The molecule has 0 aliphatic carbocycles. The highest BCUT2D eigenvalue weighted by molar-refractivity contribution is 9.10. The second-order valence-corrected chi connectivity index (χ2v) is 10.6. The number of hydrogen-bond donors (Lipinski definition) is 1. The number of rotatable bonds is 4. The van der Waals surface area contributed by atoms with Gasteiger partial charge in [0.15, 0.2) is 0 Å². The molecule has 1 amide bonds. The third-order valence-corrected chi connectivity index (χ3v) is 6.45. The number of amides is 1. The Morgan fingerprint density at radius 2 is 1.70 bits per heavy atom. The van der Waals surface area contributed by atoms with Crippen LogP contribution in [0.2, 0.25) is 0 Å². The van der Waals surface area contributed by atoms with Crippen molar-refractivity contribution in [3.05, 3.63) is 99.5 Å². The lowest BCUT2D eigenvalue weighted by atomic mass is 9.86. The van der Waals surface area contributed by atoms with Crippen molar-refractivity contribution < 1.29 is 4.79 Å². The van der Waals surface area contributed by atoms with Crippen molar-refractivity contribution >= 4 is 32.7 Å². The van der Waals surface area contributed by atoms with E-state index in [0.717, 1.165) is 37.8 Å². The summed E-state index contributed by atoms with van der Waals surface area (Å²) in [5.41, 5.74) is 6.82. The average Bonchev–Trinajstić information content (AvgIpc) is 2.77. The zero-order chi connectivity index (χ0) is 23.8. The first kappa shape index (κ1) is 23.2. The molecule has 3 aromatic carbocycles. The molecule has 33 heavy (non-hydrogen) atoms. The molecule has 0 unspecified atom stereocenters. The molecule has 0 bridgehead atoms. The molecule has 4 rings (SSSR count). The molecule has 1 aromatic heterocycles. The van der Waals surface area contributed by atoms with E-state index in [4.69, 9.17) is 4.98 Å². The number of hydrogen-bond acceptors (Lipinski definition) is 2. The number of carbonyl (C=O) groups excluding carboxylic acids is 1.